The van der Waals surface area contributed by atoms with E-state index in [0.717, 1.165) is 25.9 Å². The molecule has 0 aliphatic carbocycles. The van der Waals surface area contributed by atoms with E-state index >= 15 is 0 Å². The van der Waals surface area contributed by atoms with Crippen LogP contribution in [0, 0.1) is 5.92 Å². The average molecular weight is 423 g/mol. The molecule has 0 aromatic heterocycles. The fraction of sp³-hybridized carbons (Fsp3) is 0.682. The van der Waals surface area contributed by atoms with Crippen molar-refractivity contribution in [3.63, 3.8) is 0 Å². The van der Waals surface area contributed by atoms with Crippen LogP contribution < -0.4 is 4.90 Å². The van der Waals surface area contributed by atoms with Crippen LogP contribution in [-0.4, -0.2) is 69.3 Å². The highest BCUT2D eigenvalue weighted by Gasteiger charge is 2.32. The van der Waals surface area contributed by atoms with E-state index in [1.807, 2.05) is 17.0 Å². The molecule has 3 rings (SSSR count). The number of piperazine rings is 1. The average Bonchev–Trinajstić information content (AvgIpc) is 2.73. The number of carbonyl (C=O) groups excluding carboxylic acids is 1. The summed E-state index contributed by atoms with van der Waals surface area (Å²) < 4.78 is 27.6. The highest BCUT2D eigenvalue weighted by Crippen LogP contribution is 2.22. The maximum Gasteiger partial charge on any atom is 0.277 e. The Morgan fingerprint density at radius 3 is 2.41 bits per heavy atom. The van der Waals surface area contributed by atoms with Crippen molar-refractivity contribution in [2.75, 3.05) is 45.8 Å². The zero-order valence-electron chi connectivity index (χ0n) is 18.1. The first-order valence-electron chi connectivity index (χ1n) is 11.0. The molecule has 0 saturated carbocycles. The van der Waals surface area contributed by atoms with E-state index in [-0.39, 0.29) is 5.91 Å². The van der Waals surface area contributed by atoms with Gasteiger partial charge in [-0.3, -0.25) is 4.79 Å². The van der Waals surface area contributed by atoms with E-state index in [9.17, 15) is 13.2 Å². The Morgan fingerprint density at radius 1 is 1.17 bits per heavy atom. The highest BCUT2D eigenvalue weighted by molar-refractivity contribution is 7.89. The fourth-order valence-electron chi connectivity index (χ4n) is 4.31. The summed E-state index contributed by atoms with van der Waals surface area (Å²) in [6.45, 7) is 11.0. The first-order chi connectivity index (χ1) is 13.8. The predicted octanol–water partition coefficient (Wildman–Crippen LogP) is 1.35. The van der Waals surface area contributed by atoms with Crippen LogP contribution in [0.1, 0.15) is 51.5 Å². The van der Waals surface area contributed by atoms with Crippen LogP contribution in [0.5, 0.6) is 0 Å². The van der Waals surface area contributed by atoms with Gasteiger partial charge in [-0.05, 0) is 48.8 Å². The fourth-order valence-corrected chi connectivity index (χ4v) is 5.76. The number of hydrogen-bond acceptors (Lipinski definition) is 3. The normalized spacial score (nSPS) is 23.1. The molecule has 6 nitrogen and oxygen atoms in total. The Kier molecular flexibility index (Phi) is 7.35. The van der Waals surface area contributed by atoms with Crippen LogP contribution in [0.25, 0.3) is 0 Å². The van der Waals surface area contributed by atoms with Crippen molar-refractivity contribution in [1.29, 1.82) is 0 Å². The first-order valence-corrected chi connectivity index (χ1v) is 12.5. The molecule has 2 aliphatic rings. The lowest BCUT2D eigenvalue weighted by atomic mass is 9.99. The van der Waals surface area contributed by atoms with Gasteiger partial charge in [0.05, 0.1) is 31.1 Å². The topological polar surface area (TPSA) is 62.1 Å². The van der Waals surface area contributed by atoms with Gasteiger partial charge in [-0.1, -0.05) is 32.9 Å². The van der Waals surface area contributed by atoms with Gasteiger partial charge in [-0.15, -0.1) is 0 Å². The summed E-state index contributed by atoms with van der Waals surface area (Å²) in [5.74, 6) is 1.22. The number of hydrogen-bond donors (Lipinski definition) is 1. The number of carbonyl (C=O) groups is 1. The summed E-state index contributed by atoms with van der Waals surface area (Å²) in [5.41, 5.74) is 1.17. The third-order valence-electron chi connectivity index (χ3n) is 6.54. The summed E-state index contributed by atoms with van der Waals surface area (Å²) in [4.78, 5) is 16.1. The Hall–Kier alpha value is -1.44. The molecular weight excluding hydrogens is 386 g/mol. The minimum atomic E-state index is -3.47. The smallest absolute Gasteiger partial charge is 0.277 e. The standard InChI is InChI=1S/C22H35N3O3S/c1-4-19(3)20-7-9-21(10-8-20)29(27,28)25-14-12-23(13-15-25)17-22(26)24-11-5-6-18(2)16-24/h7-10,18-19H,4-6,11-17H2,1-3H3/p+1/t18-,19+/m1/s1. The first kappa shape index (κ1) is 22.2. The number of sulfonamides is 1. The zero-order chi connectivity index (χ0) is 21.0. The number of rotatable bonds is 6. The van der Waals surface area contributed by atoms with Gasteiger partial charge in [-0.25, -0.2) is 8.42 Å². The number of nitrogens with zero attached hydrogens (tertiary/aromatic N) is 2. The van der Waals surface area contributed by atoms with Crippen LogP contribution in [0.2, 0.25) is 0 Å². The minimum absolute atomic E-state index is 0.212. The third-order valence-corrected chi connectivity index (χ3v) is 8.45. The van der Waals surface area contributed by atoms with E-state index in [2.05, 4.69) is 20.8 Å². The molecule has 162 valence electrons. The van der Waals surface area contributed by atoms with Crippen molar-refractivity contribution >= 4 is 15.9 Å². The van der Waals surface area contributed by atoms with E-state index in [1.54, 1.807) is 16.4 Å². The molecule has 1 amide bonds. The summed E-state index contributed by atoms with van der Waals surface area (Å²) in [5, 5.41) is 0. The molecule has 7 heteroatoms. The van der Waals surface area contributed by atoms with Gasteiger partial charge >= 0.3 is 0 Å². The Bertz CT molecular complexity index is 786. The Morgan fingerprint density at radius 2 is 1.83 bits per heavy atom. The minimum Gasteiger partial charge on any atom is -0.338 e. The van der Waals surface area contributed by atoms with E-state index in [4.69, 9.17) is 0 Å². The number of likely N-dealkylation sites (tertiary alicyclic amines) is 1. The number of quaternary nitrogens is 1. The van der Waals surface area contributed by atoms with E-state index in [1.165, 1.54) is 16.9 Å². The SMILES string of the molecule is CC[C@H](C)c1ccc(S(=O)(=O)N2CC[NH+](CC(=O)N3CCC[C@@H](C)C3)CC2)cc1. The van der Waals surface area contributed by atoms with Gasteiger partial charge in [0.1, 0.15) is 0 Å². The van der Waals surface area contributed by atoms with Crippen LogP contribution in [-0.2, 0) is 14.8 Å². The molecule has 2 fully saturated rings. The van der Waals surface area contributed by atoms with Crippen LogP contribution >= 0.6 is 0 Å². The van der Waals surface area contributed by atoms with Crippen molar-refractivity contribution in [2.45, 2.75) is 50.8 Å². The van der Waals surface area contributed by atoms with Gasteiger partial charge in [0.2, 0.25) is 10.0 Å². The Labute approximate surface area is 175 Å². The number of amides is 1. The lowest BCUT2D eigenvalue weighted by Gasteiger charge is -2.34. The maximum atomic E-state index is 13.0. The largest absolute Gasteiger partial charge is 0.338 e. The molecule has 0 radical (unpaired) electrons. The molecule has 0 unspecified atom stereocenters. The molecule has 2 aliphatic heterocycles. The number of piperidine rings is 1. The van der Waals surface area contributed by atoms with Crippen LogP contribution in [0.4, 0.5) is 0 Å². The molecule has 1 aromatic carbocycles. The lowest BCUT2D eigenvalue weighted by Crippen LogP contribution is -3.15. The van der Waals surface area contributed by atoms with Crippen molar-refractivity contribution in [1.82, 2.24) is 9.21 Å². The molecule has 0 spiro atoms. The molecule has 1 N–H and O–H groups in total. The van der Waals surface area contributed by atoms with Crippen molar-refractivity contribution in [3.8, 4) is 0 Å². The third kappa shape index (κ3) is 5.38. The molecule has 1 aromatic rings. The van der Waals surface area contributed by atoms with Gasteiger partial charge in [0, 0.05) is 13.1 Å². The maximum absolute atomic E-state index is 13.0. The second kappa shape index (κ2) is 9.58. The number of benzene rings is 1. The molecule has 2 saturated heterocycles. The monoisotopic (exact) mass is 422 g/mol. The second-order valence-electron chi connectivity index (χ2n) is 8.80. The van der Waals surface area contributed by atoms with Crippen molar-refractivity contribution < 1.29 is 18.1 Å². The molecule has 0 bridgehead atoms. The summed E-state index contributed by atoms with van der Waals surface area (Å²) in [6, 6.07) is 7.33. The van der Waals surface area contributed by atoms with E-state index < -0.39 is 10.0 Å². The molecule has 2 heterocycles. The zero-order valence-corrected chi connectivity index (χ0v) is 18.9. The summed E-state index contributed by atoms with van der Waals surface area (Å²) in [6.07, 6.45) is 3.32. The molecule has 29 heavy (non-hydrogen) atoms. The van der Waals surface area contributed by atoms with Crippen LogP contribution in [0.15, 0.2) is 29.2 Å². The molecule has 2 atom stereocenters. The van der Waals surface area contributed by atoms with Gasteiger partial charge in [0.25, 0.3) is 5.91 Å². The Balaban J connectivity index is 1.54. The van der Waals surface area contributed by atoms with Gasteiger partial charge < -0.3 is 9.80 Å². The molecular formula is C22H36N3O3S+. The van der Waals surface area contributed by atoms with Crippen LogP contribution in [0.3, 0.4) is 0 Å². The van der Waals surface area contributed by atoms with Gasteiger partial charge in [0.15, 0.2) is 6.54 Å². The second-order valence-corrected chi connectivity index (χ2v) is 10.7. The van der Waals surface area contributed by atoms with E-state index in [0.29, 0.717) is 49.5 Å². The highest BCUT2D eigenvalue weighted by atomic mass is 32.2. The summed E-state index contributed by atoms with van der Waals surface area (Å²) >= 11 is 0. The lowest BCUT2D eigenvalue weighted by molar-refractivity contribution is -0.896. The summed E-state index contributed by atoms with van der Waals surface area (Å²) in [7, 11) is -3.47. The van der Waals surface area contributed by atoms with Crippen molar-refractivity contribution in [2.24, 2.45) is 5.92 Å². The van der Waals surface area contributed by atoms with Crippen molar-refractivity contribution in [3.05, 3.63) is 29.8 Å². The number of nitrogens with one attached hydrogen (secondary N) is 1. The predicted molar refractivity (Wildman–Crippen MR) is 114 cm³/mol. The quantitative estimate of drug-likeness (QED) is 0.753. The van der Waals surface area contributed by atoms with Gasteiger partial charge in [-0.2, -0.15) is 4.31 Å².